The molecule has 1 aromatic heterocycles. The van der Waals surface area contributed by atoms with Gasteiger partial charge in [-0.1, -0.05) is 129 Å². The quantitative estimate of drug-likeness (QED) is 0.196. The van der Waals surface area contributed by atoms with E-state index in [1.807, 2.05) is 11.3 Å². The highest BCUT2D eigenvalue weighted by molar-refractivity contribution is 7.26. The predicted octanol–water partition coefficient (Wildman–Crippen LogP) is 12.7. The molecule has 0 fully saturated rings. The van der Waals surface area contributed by atoms with Crippen molar-refractivity contribution in [1.82, 2.24) is 0 Å². The zero-order valence-corrected chi connectivity index (χ0v) is 26.1. The van der Waals surface area contributed by atoms with Gasteiger partial charge in [0.1, 0.15) is 0 Å². The van der Waals surface area contributed by atoms with Crippen molar-refractivity contribution in [3.8, 4) is 22.3 Å². The van der Waals surface area contributed by atoms with Gasteiger partial charge in [-0.15, -0.1) is 11.3 Å². The normalized spacial score (nSPS) is 13.3. The Morgan fingerprint density at radius 3 is 2.09 bits per heavy atom. The molecule has 0 bridgehead atoms. The van der Waals surface area contributed by atoms with Gasteiger partial charge in [0.15, 0.2) is 0 Å². The van der Waals surface area contributed by atoms with Gasteiger partial charge in [0, 0.05) is 32.3 Å². The highest BCUT2D eigenvalue weighted by atomic mass is 32.1. The Hall–Kier alpha value is -5.18. The van der Waals surface area contributed by atoms with Crippen LogP contribution in [0.5, 0.6) is 0 Å². The molecule has 0 atom stereocenters. The van der Waals surface area contributed by atoms with E-state index in [1.165, 1.54) is 75.7 Å². The summed E-state index contributed by atoms with van der Waals surface area (Å²) in [5.74, 6) is 0. The molecule has 214 valence electrons. The molecular weight excluding hydrogens is 563 g/mol. The van der Waals surface area contributed by atoms with Gasteiger partial charge in [-0.05, 0) is 80.6 Å². The third-order valence-corrected chi connectivity index (χ3v) is 10.9. The van der Waals surface area contributed by atoms with Crippen molar-refractivity contribution in [3.05, 3.63) is 163 Å². The van der Waals surface area contributed by atoms with E-state index in [1.54, 1.807) is 0 Å². The molecule has 1 aliphatic rings. The number of thiophene rings is 1. The summed E-state index contributed by atoms with van der Waals surface area (Å²) in [4.78, 5) is 2.48. The fourth-order valence-electron chi connectivity index (χ4n) is 7.46. The summed E-state index contributed by atoms with van der Waals surface area (Å²) in [6.45, 7) is 4.72. The molecule has 0 saturated heterocycles. The van der Waals surface area contributed by atoms with Crippen LogP contribution in [-0.4, -0.2) is 0 Å². The molecule has 9 rings (SSSR count). The maximum absolute atomic E-state index is 2.48. The van der Waals surface area contributed by atoms with Crippen LogP contribution in [0.2, 0.25) is 0 Å². The minimum Gasteiger partial charge on any atom is -0.309 e. The van der Waals surface area contributed by atoms with Crippen molar-refractivity contribution >= 4 is 59.3 Å². The summed E-state index contributed by atoms with van der Waals surface area (Å²) >= 11 is 1.88. The SMILES string of the molecule is CC1(C)c2ccccc2-c2ccc(N(c3cccc(-c4cccc5ccccc45)c3)c3cccc4c3sc3ccccc34)cc21. The highest BCUT2D eigenvalue weighted by Gasteiger charge is 2.35. The summed E-state index contributed by atoms with van der Waals surface area (Å²) in [5, 5.41) is 5.15. The smallest absolute Gasteiger partial charge is 0.0640 e. The van der Waals surface area contributed by atoms with Crippen molar-refractivity contribution in [2.45, 2.75) is 19.3 Å². The fourth-order valence-corrected chi connectivity index (χ4v) is 8.66. The van der Waals surface area contributed by atoms with E-state index in [-0.39, 0.29) is 5.41 Å². The summed E-state index contributed by atoms with van der Waals surface area (Å²) in [6.07, 6.45) is 0. The van der Waals surface area contributed by atoms with Crippen molar-refractivity contribution in [2.24, 2.45) is 0 Å². The summed E-state index contributed by atoms with van der Waals surface area (Å²) in [7, 11) is 0. The van der Waals surface area contributed by atoms with Gasteiger partial charge in [-0.3, -0.25) is 0 Å². The molecule has 2 heteroatoms. The van der Waals surface area contributed by atoms with Crippen LogP contribution in [0.4, 0.5) is 17.1 Å². The molecule has 0 saturated carbocycles. The zero-order chi connectivity index (χ0) is 30.1. The van der Waals surface area contributed by atoms with E-state index in [0.29, 0.717) is 0 Å². The lowest BCUT2D eigenvalue weighted by atomic mass is 9.82. The van der Waals surface area contributed by atoms with E-state index in [4.69, 9.17) is 0 Å². The van der Waals surface area contributed by atoms with Crippen molar-refractivity contribution in [1.29, 1.82) is 0 Å². The Kier molecular flexibility index (Phi) is 5.78. The fraction of sp³-hybridized carbons (Fsp3) is 0.0698. The number of rotatable bonds is 4. The van der Waals surface area contributed by atoms with Gasteiger partial charge in [-0.25, -0.2) is 0 Å². The van der Waals surface area contributed by atoms with Gasteiger partial charge < -0.3 is 4.90 Å². The number of hydrogen-bond acceptors (Lipinski definition) is 2. The van der Waals surface area contributed by atoms with Crippen LogP contribution >= 0.6 is 11.3 Å². The summed E-state index contributed by atoms with van der Waals surface area (Å²) in [5.41, 5.74) is 11.4. The average molecular weight is 594 g/mol. The number of fused-ring (bicyclic) bond motifs is 7. The first-order valence-electron chi connectivity index (χ1n) is 15.6. The van der Waals surface area contributed by atoms with Gasteiger partial charge in [0.05, 0.1) is 10.4 Å². The lowest BCUT2D eigenvalue weighted by Crippen LogP contribution is -2.16. The molecule has 8 aromatic rings. The maximum Gasteiger partial charge on any atom is 0.0640 e. The van der Waals surface area contributed by atoms with Gasteiger partial charge in [0.25, 0.3) is 0 Å². The first-order chi connectivity index (χ1) is 22.1. The van der Waals surface area contributed by atoms with Crippen LogP contribution < -0.4 is 4.90 Å². The summed E-state index contributed by atoms with van der Waals surface area (Å²) < 4.78 is 2.62. The predicted molar refractivity (Wildman–Crippen MR) is 195 cm³/mol. The molecule has 1 aliphatic carbocycles. The monoisotopic (exact) mass is 593 g/mol. The van der Waals surface area contributed by atoms with Crippen molar-refractivity contribution < 1.29 is 0 Å². The summed E-state index contributed by atoms with van der Waals surface area (Å²) in [6, 6.07) is 55.9. The first kappa shape index (κ1) is 26.2. The standard InChI is InChI=1S/C43H31NS/c1-43(2)38-21-7-5-17-34(38)35-25-24-31(27-39(35)43)44(40-22-11-20-37-36-18-6-8-23-41(36)45-42(37)40)30-15-9-14-29(26-30)33-19-10-13-28-12-3-4-16-32(28)33/h3-27H,1-2H3. The second-order valence-corrected chi connectivity index (χ2v) is 13.6. The van der Waals surface area contributed by atoms with Gasteiger partial charge in [0.2, 0.25) is 0 Å². The third-order valence-electron chi connectivity index (χ3n) is 9.65. The van der Waals surface area contributed by atoms with Gasteiger partial charge in [-0.2, -0.15) is 0 Å². The Balaban J connectivity index is 1.29. The lowest BCUT2D eigenvalue weighted by molar-refractivity contribution is 0.660. The van der Waals surface area contributed by atoms with Crippen molar-refractivity contribution in [2.75, 3.05) is 4.90 Å². The maximum atomic E-state index is 2.48. The molecule has 0 aliphatic heterocycles. The zero-order valence-electron chi connectivity index (χ0n) is 25.3. The molecule has 1 nitrogen and oxygen atoms in total. The second kappa shape index (κ2) is 9.92. The van der Waals surface area contributed by atoms with Crippen LogP contribution in [-0.2, 0) is 5.41 Å². The van der Waals surface area contributed by atoms with E-state index in [0.717, 1.165) is 5.69 Å². The van der Waals surface area contributed by atoms with Crippen LogP contribution in [0.3, 0.4) is 0 Å². The van der Waals surface area contributed by atoms with Gasteiger partial charge >= 0.3 is 0 Å². The molecular formula is C43H31NS. The Bertz CT molecular complexity index is 2420. The molecule has 0 amide bonds. The molecule has 0 unspecified atom stereocenters. The number of benzene rings is 7. The minimum atomic E-state index is -0.0813. The molecule has 0 N–H and O–H groups in total. The van der Waals surface area contributed by atoms with Crippen LogP contribution in [0, 0.1) is 0 Å². The van der Waals surface area contributed by atoms with E-state index in [2.05, 4.69) is 170 Å². The molecule has 45 heavy (non-hydrogen) atoms. The number of anilines is 3. The van der Waals surface area contributed by atoms with Crippen molar-refractivity contribution in [3.63, 3.8) is 0 Å². The average Bonchev–Trinajstić information content (AvgIpc) is 3.58. The second-order valence-electron chi connectivity index (χ2n) is 12.6. The molecule has 7 aromatic carbocycles. The minimum absolute atomic E-state index is 0.0813. The highest BCUT2D eigenvalue weighted by Crippen LogP contribution is 2.52. The lowest BCUT2D eigenvalue weighted by Gasteiger charge is -2.29. The van der Waals surface area contributed by atoms with E-state index in [9.17, 15) is 0 Å². The van der Waals surface area contributed by atoms with E-state index >= 15 is 0 Å². The Morgan fingerprint density at radius 1 is 0.489 bits per heavy atom. The van der Waals surface area contributed by atoms with E-state index < -0.39 is 0 Å². The number of hydrogen-bond donors (Lipinski definition) is 0. The Morgan fingerprint density at radius 2 is 1.16 bits per heavy atom. The molecule has 0 spiro atoms. The number of nitrogens with zero attached hydrogens (tertiary/aromatic N) is 1. The largest absolute Gasteiger partial charge is 0.309 e. The topological polar surface area (TPSA) is 3.24 Å². The third kappa shape index (κ3) is 3.99. The van der Waals surface area contributed by atoms with Crippen LogP contribution in [0.1, 0.15) is 25.0 Å². The molecule has 1 heterocycles. The first-order valence-corrected chi connectivity index (χ1v) is 16.4. The molecule has 0 radical (unpaired) electrons. The van der Waals surface area contributed by atoms with Crippen LogP contribution in [0.25, 0.3) is 53.2 Å². The van der Waals surface area contributed by atoms with Crippen LogP contribution in [0.15, 0.2) is 152 Å². The Labute approximate surface area is 267 Å².